The van der Waals surface area contributed by atoms with Crippen LogP contribution in [0.2, 0.25) is 0 Å². The molecule has 0 unspecified atom stereocenters. The number of aromatic nitrogens is 2. The highest BCUT2D eigenvalue weighted by Crippen LogP contribution is 2.55. The second kappa shape index (κ2) is 14.6. The lowest BCUT2D eigenvalue weighted by Gasteiger charge is -2.23. The summed E-state index contributed by atoms with van der Waals surface area (Å²) < 4.78 is 0. The second-order valence-corrected chi connectivity index (χ2v) is 17.2. The molecule has 11 aromatic rings. The lowest BCUT2D eigenvalue weighted by atomic mass is 9.80. The molecule has 10 aromatic carbocycles. The molecule has 0 N–H and O–H groups in total. The van der Waals surface area contributed by atoms with Crippen molar-refractivity contribution in [3.63, 3.8) is 0 Å². The van der Waals surface area contributed by atoms with Gasteiger partial charge in [0.15, 0.2) is 5.82 Å². The van der Waals surface area contributed by atoms with Crippen molar-refractivity contribution in [3.05, 3.63) is 230 Å². The van der Waals surface area contributed by atoms with Crippen molar-refractivity contribution < 1.29 is 0 Å². The molecule has 12 rings (SSSR count). The van der Waals surface area contributed by atoms with Crippen LogP contribution in [0.4, 0.5) is 0 Å². The maximum absolute atomic E-state index is 5.31. The molecule has 0 saturated heterocycles. The van der Waals surface area contributed by atoms with E-state index in [1.54, 1.807) is 0 Å². The number of hydrogen-bond acceptors (Lipinski definition) is 2. The molecule has 0 aliphatic heterocycles. The summed E-state index contributed by atoms with van der Waals surface area (Å²) in [5.74, 6) is 0.704. The van der Waals surface area contributed by atoms with Crippen molar-refractivity contribution in [1.82, 2.24) is 9.97 Å². The fraction of sp³-hybridized carbons (Fsp3) is 0.0492. The predicted molar refractivity (Wildman–Crippen MR) is 265 cm³/mol. The molecule has 2 heteroatoms. The average Bonchev–Trinajstić information content (AvgIpc) is 3.60. The van der Waals surface area contributed by atoms with Crippen LogP contribution in [0.25, 0.3) is 111 Å². The lowest BCUT2D eigenvalue weighted by molar-refractivity contribution is 0.666. The molecule has 1 aromatic heterocycles. The van der Waals surface area contributed by atoms with Crippen LogP contribution in [-0.2, 0) is 5.41 Å². The highest BCUT2D eigenvalue weighted by molar-refractivity contribution is 6.13. The van der Waals surface area contributed by atoms with E-state index in [4.69, 9.17) is 9.97 Å². The third kappa shape index (κ3) is 6.02. The molecule has 2 nitrogen and oxygen atoms in total. The Morgan fingerprint density at radius 1 is 0.317 bits per heavy atom. The quantitative estimate of drug-likeness (QED) is 0.167. The first-order chi connectivity index (χ1) is 31.0. The van der Waals surface area contributed by atoms with Crippen molar-refractivity contribution in [2.45, 2.75) is 19.3 Å². The van der Waals surface area contributed by atoms with Gasteiger partial charge in [-0.2, -0.15) is 0 Å². The monoisotopic (exact) mass is 802 g/mol. The molecule has 0 radical (unpaired) electrons. The van der Waals surface area contributed by atoms with Crippen LogP contribution in [0, 0.1) is 0 Å². The van der Waals surface area contributed by atoms with Gasteiger partial charge in [-0.3, -0.25) is 0 Å². The zero-order chi connectivity index (χ0) is 42.1. The molecule has 0 bridgehead atoms. The van der Waals surface area contributed by atoms with Crippen LogP contribution in [-0.4, -0.2) is 9.97 Å². The van der Waals surface area contributed by atoms with E-state index in [0.717, 1.165) is 33.5 Å². The normalized spacial score (nSPS) is 12.7. The van der Waals surface area contributed by atoms with Gasteiger partial charge in [0.25, 0.3) is 0 Å². The fourth-order valence-corrected chi connectivity index (χ4v) is 10.3. The second-order valence-electron chi connectivity index (χ2n) is 17.2. The zero-order valence-electron chi connectivity index (χ0n) is 35.2. The first kappa shape index (κ1) is 36.9. The summed E-state index contributed by atoms with van der Waals surface area (Å²) in [4.78, 5) is 10.6. The molecule has 63 heavy (non-hydrogen) atoms. The largest absolute Gasteiger partial charge is 0.228 e. The SMILES string of the molecule is CC1(C)c2cccc(-c3ccc(-c4ccc(-c5nc(-c6ccccc6)cc(-c6ccc(-c7ccccc7)cc6)n5)c5ccccc45)c4ccccc34)c2-c2ccc3ccccc3c21. The van der Waals surface area contributed by atoms with Gasteiger partial charge in [0.05, 0.1) is 11.4 Å². The highest BCUT2D eigenvalue weighted by Gasteiger charge is 2.38. The van der Waals surface area contributed by atoms with Crippen LogP contribution in [0.3, 0.4) is 0 Å². The predicted octanol–water partition coefficient (Wildman–Crippen LogP) is 16.2. The van der Waals surface area contributed by atoms with E-state index < -0.39 is 0 Å². The van der Waals surface area contributed by atoms with E-state index in [1.165, 1.54) is 82.6 Å². The van der Waals surface area contributed by atoms with Crippen molar-refractivity contribution in [2.24, 2.45) is 0 Å². The van der Waals surface area contributed by atoms with Gasteiger partial charge in [0.1, 0.15) is 0 Å². The van der Waals surface area contributed by atoms with Gasteiger partial charge in [-0.05, 0) is 100 Å². The van der Waals surface area contributed by atoms with Gasteiger partial charge in [-0.15, -0.1) is 0 Å². The van der Waals surface area contributed by atoms with Crippen molar-refractivity contribution >= 4 is 32.3 Å². The zero-order valence-corrected chi connectivity index (χ0v) is 35.2. The van der Waals surface area contributed by atoms with Gasteiger partial charge in [-0.1, -0.05) is 220 Å². The summed E-state index contributed by atoms with van der Waals surface area (Å²) in [6, 6.07) is 79.0. The smallest absolute Gasteiger partial charge is 0.161 e. The van der Waals surface area contributed by atoms with E-state index in [2.05, 4.69) is 226 Å². The van der Waals surface area contributed by atoms with Gasteiger partial charge in [-0.25, -0.2) is 9.97 Å². The molecule has 0 spiro atoms. The van der Waals surface area contributed by atoms with Gasteiger partial charge < -0.3 is 0 Å². The Labute approximate surface area is 367 Å². The van der Waals surface area contributed by atoms with Crippen LogP contribution < -0.4 is 0 Å². The lowest BCUT2D eigenvalue weighted by Crippen LogP contribution is -2.15. The Kier molecular flexibility index (Phi) is 8.55. The van der Waals surface area contributed by atoms with E-state index >= 15 is 0 Å². The summed E-state index contributed by atoms with van der Waals surface area (Å²) >= 11 is 0. The van der Waals surface area contributed by atoms with Crippen LogP contribution in [0.1, 0.15) is 25.0 Å². The minimum absolute atomic E-state index is 0.129. The number of fused-ring (bicyclic) bond motifs is 7. The molecule has 1 aliphatic rings. The first-order valence-electron chi connectivity index (χ1n) is 21.8. The Morgan fingerprint density at radius 3 is 1.38 bits per heavy atom. The molecular formula is C61H42N2. The number of nitrogens with zero attached hydrogens (tertiary/aromatic N) is 2. The van der Waals surface area contributed by atoms with Gasteiger partial charge in [0, 0.05) is 22.1 Å². The Morgan fingerprint density at radius 2 is 0.762 bits per heavy atom. The summed E-state index contributed by atoms with van der Waals surface area (Å²) in [5.41, 5.74) is 17.5. The number of hydrogen-bond donors (Lipinski definition) is 0. The summed E-state index contributed by atoms with van der Waals surface area (Å²) in [6.45, 7) is 4.77. The average molecular weight is 803 g/mol. The van der Waals surface area contributed by atoms with Crippen molar-refractivity contribution in [1.29, 1.82) is 0 Å². The summed E-state index contributed by atoms with van der Waals surface area (Å²) in [5, 5.41) is 7.37. The number of benzene rings is 10. The van der Waals surface area contributed by atoms with E-state index in [9.17, 15) is 0 Å². The van der Waals surface area contributed by atoms with Gasteiger partial charge >= 0.3 is 0 Å². The van der Waals surface area contributed by atoms with Crippen LogP contribution >= 0.6 is 0 Å². The minimum Gasteiger partial charge on any atom is -0.228 e. The summed E-state index contributed by atoms with van der Waals surface area (Å²) in [7, 11) is 0. The van der Waals surface area contributed by atoms with Crippen molar-refractivity contribution in [2.75, 3.05) is 0 Å². The van der Waals surface area contributed by atoms with E-state index in [1.807, 2.05) is 6.07 Å². The standard InChI is InChI=1S/C61H42N2/c1-61(2)55-27-15-26-52(58(55)54-33-32-41-18-9-10-21-44(41)59(54)61)51-35-34-49(45-22-11-12-23-46(45)51)50-36-37-53(48-25-14-13-24-47(48)50)60-62-56(42-19-7-4-8-20-42)38-57(63-60)43-30-28-40(29-31-43)39-16-5-3-6-17-39/h3-38H,1-2H3. The fourth-order valence-electron chi connectivity index (χ4n) is 10.3. The molecule has 0 atom stereocenters. The topological polar surface area (TPSA) is 25.8 Å². The van der Waals surface area contributed by atoms with Crippen molar-refractivity contribution in [3.8, 4) is 78.4 Å². The van der Waals surface area contributed by atoms with E-state index in [-0.39, 0.29) is 5.41 Å². The third-order valence-corrected chi connectivity index (χ3v) is 13.3. The molecule has 1 heterocycles. The minimum atomic E-state index is -0.129. The Bertz CT molecular complexity index is 3570. The molecule has 0 fully saturated rings. The number of rotatable bonds is 6. The molecule has 296 valence electrons. The van der Waals surface area contributed by atoms with E-state index in [0.29, 0.717) is 5.82 Å². The van der Waals surface area contributed by atoms with Crippen LogP contribution in [0.5, 0.6) is 0 Å². The molecule has 0 saturated carbocycles. The Hall–Kier alpha value is -7.94. The maximum Gasteiger partial charge on any atom is 0.161 e. The molecular weight excluding hydrogens is 761 g/mol. The van der Waals surface area contributed by atoms with Gasteiger partial charge in [0.2, 0.25) is 0 Å². The maximum atomic E-state index is 5.31. The van der Waals surface area contributed by atoms with Crippen LogP contribution in [0.15, 0.2) is 218 Å². The molecule has 0 amide bonds. The third-order valence-electron chi connectivity index (χ3n) is 13.3. The Balaban J connectivity index is 1.00. The highest BCUT2D eigenvalue weighted by atomic mass is 14.9. The first-order valence-corrected chi connectivity index (χ1v) is 21.8. The molecule has 1 aliphatic carbocycles. The summed E-state index contributed by atoms with van der Waals surface area (Å²) in [6.07, 6.45) is 0.